The first-order chi connectivity index (χ1) is 9.75. The van der Waals surface area contributed by atoms with E-state index in [9.17, 15) is 0 Å². The van der Waals surface area contributed by atoms with Crippen molar-refractivity contribution in [1.82, 2.24) is 9.88 Å². The Hall–Kier alpha value is -1.87. The molecule has 3 rings (SSSR count). The number of rotatable bonds is 3. The molecule has 3 nitrogen and oxygen atoms in total. The van der Waals surface area contributed by atoms with Crippen LogP contribution in [0.5, 0.6) is 0 Å². The van der Waals surface area contributed by atoms with Gasteiger partial charge in [0.2, 0.25) is 0 Å². The minimum atomic E-state index is 0.388. The quantitative estimate of drug-likeness (QED) is 0.865. The third-order valence-electron chi connectivity index (χ3n) is 4.28. The molecule has 2 unspecified atom stereocenters. The van der Waals surface area contributed by atoms with Crippen LogP contribution in [0.3, 0.4) is 0 Å². The van der Waals surface area contributed by atoms with E-state index in [1.807, 2.05) is 24.5 Å². The molecule has 2 aromatic rings. The molecule has 2 heterocycles. The van der Waals surface area contributed by atoms with Crippen molar-refractivity contribution in [1.29, 1.82) is 0 Å². The summed E-state index contributed by atoms with van der Waals surface area (Å²) in [7, 11) is 0. The SMILES string of the molecule is CC(c1cccc(N)c1)N1CCCC1c1ccncc1. The van der Waals surface area contributed by atoms with Crippen LogP contribution in [0.4, 0.5) is 5.69 Å². The van der Waals surface area contributed by atoms with Crippen molar-refractivity contribution in [2.24, 2.45) is 0 Å². The van der Waals surface area contributed by atoms with Crippen LogP contribution < -0.4 is 5.73 Å². The van der Waals surface area contributed by atoms with Crippen molar-refractivity contribution in [3.05, 3.63) is 59.9 Å². The van der Waals surface area contributed by atoms with Crippen LogP contribution in [0.15, 0.2) is 48.8 Å². The van der Waals surface area contributed by atoms with E-state index in [4.69, 9.17) is 5.73 Å². The average molecular weight is 267 g/mol. The lowest BCUT2D eigenvalue weighted by atomic mass is 10.0. The molecule has 1 aromatic heterocycles. The molecular formula is C17H21N3. The number of likely N-dealkylation sites (tertiary alicyclic amines) is 1. The molecule has 20 heavy (non-hydrogen) atoms. The molecule has 0 radical (unpaired) electrons. The maximum Gasteiger partial charge on any atom is 0.0355 e. The second-order valence-corrected chi connectivity index (χ2v) is 5.52. The molecule has 0 aliphatic carbocycles. The summed E-state index contributed by atoms with van der Waals surface area (Å²) in [6.45, 7) is 3.41. The summed E-state index contributed by atoms with van der Waals surface area (Å²) in [6.07, 6.45) is 6.24. The highest BCUT2D eigenvalue weighted by molar-refractivity contribution is 5.41. The molecule has 0 saturated carbocycles. The maximum absolute atomic E-state index is 5.91. The van der Waals surface area contributed by atoms with Gasteiger partial charge in [-0.25, -0.2) is 0 Å². The summed E-state index contributed by atoms with van der Waals surface area (Å²) in [5.74, 6) is 0. The Bertz CT molecular complexity index is 567. The van der Waals surface area contributed by atoms with Gasteiger partial charge in [-0.05, 0) is 61.7 Å². The number of nitrogen functional groups attached to an aromatic ring is 1. The zero-order valence-corrected chi connectivity index (χ0v) is 11.9. The van der Waals surface area contributed by atoms with Gasteiger partial charge in [0, 0.05) is 30.2 Å². The van der Waals surface area contributed by atoms with Gasteiger partial charge in [-0.3, -0.25) is 9.88 Å². The van der Waals surface area contributed by atoms with Crippen LogP contribution in [-0.4, -0.2) is 16.4 Å². The van der Waals surface area contributed by atoms with Crippen LogP contribution in [0.2, 0.25) is 0 Å². The predicted molar refractivity (Wildman–Crippen MR) is 82.2 cm³/mol. The lowest BCUT2D eigenvalue weighted by molar-refractivity contribution is 0.194. The third-order valence-corrected chi connectivity index (χ3v) is 4.28. The number of pyridine rings is 1. The number of benzene rings is 1. The standard InChI is InChI=1S/C17H21N3/c1-13(15-4-2-5-16(18)12-15)20-11-3-6-17(20)14-7-9-19-10-8-14/h2,4-5,7-10,12-13,17H,3,6,11,18H2,1H3. The molecule has 1 aliphatic rings. The molecule has 0 bridgehead atoms. The highest BCUT2D eigenvalue weighted by Crippen LogP contribution is 2.38. The number of nitrogens with zero attached hydrogens (tertiary/aromatic N) is 2. The zero-order valence-electron chi connectivity index (χ0n) is 11.9. The fourth-order valence-electron chi connectivity index (χ4n) is 3.21. The average Bonchev–Trinajstić information content (AvgIpc) is 2.97. The van der Waals surface area contributed by atoms with Crippen molar-refractivity contribution in [2.45, 2.75) is 31.8 Å². The summed E-state index contributed by atoms with van der Waals surface area (Å²) in [6, 6.07) is 13.4. The third kappa shape index (κ3) is 2.54. The lowest BCUT2D eigenvalue weighted by Crippen LogP contribution is -2.26. The van der Waals surface area contributed by atoms with Crippen molar-refractivity contribution in [2.75, 3.05) is 12.3 Å². The first-order valence-electron chi connectivity index (χ1n) is 7.27. The van der Waals surface area contributed by atoms with E-state index in [1.165, 1.54) is 24.0 Å². The Morgan fingerprint density at radius 2 is 2.05 bits per heavy atom. The van der Waals surface area contributed by atoms with Gasteiger partial charge in [0.15, 0.2) is 0 Å². The fraction of sp³-hybridized carbons (Fsp3) is 0.353. The van der Waals surface area contributed by atoms with Crippen molar-refractivity contribution < 1.29 is 0 Å². The van der Waals surface area contributed by atoms with E-state index in [2.05, 4.69) is 41.1 Å². The van der Waals surface area contributed by atoms with E-state index >= 15 is 0 Å². The number of hydrogen-bond acceptors (Lipinski definition) is 3. The normalized spacial score (nSPS) is 20.9. The van der Waals surface area contributed by atoms with Gasteiger partial charge < -0.3 is 5.73 Å². The van der Waals surface area contributed by atoms with Crippen LogP contribution in [0.25, 0.3) is 0 Å². The lowest BCUT2D eigenvalue weighted by Gasteiger charge is -2.31. The van der Waals surface area contributed by atoms with Gasteiger partial charge in [0.25, 0.3) is 0 Å². The van der Waals surface area contributed by atoms with Gasteiger partial charge in [-0.15, -0.1) is 0 Å². The molecule has 2 N–H and O–H groups in total. The fourth-order valence-corrected chi connectivity index (χ4v) is 3.21. The Morgan fingerprint density at radius 1 is 1.25 bits per heavy atom. The summed E-state index contributed by atoms with van der Waals surface area (Å²) in [4.78, 5) is 6.69. The maximum atomic E-state index is 5.91. The molecule has 3 heteroatoms. The van der Waals surface area contributed by atoms with Crippen molar-refractivity contribution in [3.8, 4) is 0 Å². The topological polar surface area (TPSA) is 42.1 Å². The molecule has 2 atom stereocenters. The van der Waals surface area contributed by atoms with Gasteiger partial charge in [0.1, 0.15) is 0 Å². The summed E-state index contributed by atoms with van der Waals surface area (Å²) in [5, 5.41) is 0. The van der Waals surface area contributed by atoms with E-state index in [-0.39, 0.29) is 0 Å². The molecule has 0 spiro atoms. The monoisotopic (exact) mass is 267 g/mol. The molecule has 1 aromatic carbocycles. The van der Waals surface area contributed by atoms with E-state index < -0.39 is 0 Å². The first kappa shape index (κ1) is 13.1. The first-order valence-corrected chi connectivity index (χ1v) is 7.27. The number of anilines is 1. The minimum Gasteiger partial charge on any atom is -0.399 e. The Kier molecular flexibility index (Phi) is 3.70. The Balaban J connectivity index is 1.85. The summed E-state index contributed by atoms with van der Waals surface area (Å²) >= 11 is 0. The predicted octanol–water partition coefficient (Wildman–Crippen LogP) is 3.56. The van der Waals surface area contributed by atoms with Crippen LogP contribution in [0.1, 0.15) is 43.0 Å². The minimum absolute atomic E-state index is 0.388. The largest absolute Gasteiger partial charge is 0.399 e. The molecule has 1 aliphatic heterocycles. The van der Waals surface area contributed by atoms with E-state index in [0.29, 0.717) is 12.1 Å². The van der Waals surface area contributed by atoms with Gasteiger partial charge in [-0.1, -0.05) is 12.1 Å². The van der Waals surface area contributed by atoms with Crippen LogP contribution in [-0.2, 0) is 0 Å². The molecule has 104 valence electrons. The van der Waals surface area contributed by atoms with Crippen LogP contribution >= 0.6 is 0 Å². The number of hydrogen-bond donors (Lipinski definition) is 1. The zero-order chi connectivity index (χ0) is 13.9. The summed E-state index contributed by atoms with van der Waals surface area (Å²) < 4.78 is 0. The van der Waals surface area contributed by atoms with E-state index in [0.717, 1.165) is 12.2 Å². The van der Waals surface area contributed by atoms with Crippen LogP contribution in [0, 0.1) is 0 Å². The highest BCUT2D eigenvalue weighted by atomic mass is 15.2. The molecular weight excluding hydrogens is 246 g/mol. The van der Waals surface area contributed by atoms with E-state index in [1.54, 1.807) is 0 Å². The Morgan fingerprint density at radius 3 is 2.80 bits per heavy atom. The molecule has 1 fully saturated rings. The van der Waals surface area contributed by atoms with Gasteiger partial charge in [-0.2, -0.15) is 0 Å². The van der Waals surface area contributed by atoms with Crippen molar-refractivity contribution >= 4 is 5.69 Å². The second kappa shape index (κ2) is 5.63. The van der Waals surface area contributed by atoms with Gasteiger partial charge in [0.05, 0.1) is 0 Å². The second-order valence-electron chi connectivity index (χ2n) is 5.52. The number of nitrogens with two attached hydrogens (primary N) is 1. The summed E-state index contributed by atoms with van der Waals surface area (Å²) in [5.41, 5.74) is 9.42. The van der Waals surface area contributed by atoms with Crippen molar-refractivity contribution in [3.63, 3.8) is 0 Å². The van der Waals surface area contributed by atoms with Gasteiger partial charge >= 0.3 is 0 Å². The Labute approximate surface area is 120 Å². The number of aromatic nitrogens is 1. The highest BCUT2D eigenvalue weighted by Gasteiger charge is 2.30. The molecule has 0 amide bonds. The smallest absolute Gasteiger partial charge is 0.0355 e. The molecule has 1 saturated heterocycles.